The van der Waals surface area contributed by atoms with Crippen LogP contribution in [0.25, 0.3) is 0 Å². The number of nitrogens with zero attached hydrogens (tertiary/aromatic N) is 1. The van der Waals surface area contributed by atoms with Gasteiger partial charge in [-0.1, -0.05) is 0 Å². The molecule has 0 saturated heterocycles. The second-order valence-corrected chi connectivity index (χ2v) is 4.82. The van der Waals surface area contributed by atoms with E-state index < -0.39 is 0 Å². The number of hydrogen-bond donors (Lipinski definition) is 1. The number of oxazole rings is 1. The van der Waals surface area contributed by atoms with E-state index in [1.807, 2.05) is 18.2 Å². The maximum Gasteiger partial charge on any atom is 0.260 e. The van der Waals surface area contributed by atoms with Gasteiger partial charge in [0.05, 0.1) is 6.20 Å². The molecule has 1 aromatic heterocycles. The highest BCUT2D eigenvalue weighted by Gasteiger charge is 2.05. The van der Waals surface area contributed by atoms with Crippen LogP contribution in [0.15, 0.2) is 45.2 Å². The van der Waals surface area contributed by atoms with Gasteiger partial charge in [0.2, 0.25) is 0 Å². The van der Waals surface area contributed by atoms with Crippen LogP contribution in [-0.4, -0.2) is 4.98 Å². The summed E-state index contributed by atoms with van der Waals surface area (Å²) in [6, 6.07) is 5.89. The lowest BCUT2D eigenvalue weighted by molar-refractivity contribution is 0.454. The molecular formula is C9H7IN2OS. The first kappa shape index (κ1) is 9.85. The molecule has 2 N–H and O–H groups in total. The summed E-state index contributed by atoms with van der Waals surface area (Å²) in [7, 11) is 0. The summed E-state index contributed by atoms with van der Waals surface area (Å²) in [5.41, 5.74) is 6.59. The Morgan fingerprint density at radius 2 is 2.29 bits per heavy atom. The molecule has 0 aliphatic carbocycles. The minimum atomic E-state index is 0.609. The van der Waals surface area contributed by atoms with Gasteiger partial charge in [-0.2, -0.15) is 0 Å². The summed E-state index contributed by atoms with van der Waals surface area (Å²) in [4.78, 5) is 4.98. The Morgan fingerprint density at radius 1 is 1.43 bits per heavy atom. The molecule has 14 heavy (non-hydrogen) atoms. The number of nitrogen functional groups attached to an aromatic ring is 1. The largest absolute Gasteiger partial charge is 0.440 e. The Morgan fingerprint density at radius 3 is 2.93 bits per heavy atom. The first-order valence-corrected chi connectivity index (χ1v) is 5.77. The van der Waals surface area contributed by atoms with Crippen molar-refractivity contribution in [3.63, 3.8) is 0 Å². The molecule has 0 atom stereocenters. The van der Waals surface area contributed by atoms with Crippen molar-refractivity contribution in [3.8, 4) is 0 Å². The van der Waals surface area contributed by atoms with Gasteiger partial charge in [0.25, 0.3) is 5.22 Å². The van der Waals surface area contributed by atoms with E-state index in [2.05, 4.69) is 27.6 Å². The topological polar surface area (TPSA) is 52.0 Å². The van der Waals surface area contributed by atoms with E-state index in [9.17, 15) is 0 Å². The van der Waals surface area contributed by atoms with Crippen LogP contribution in [0, 0.1) is 3.57 Å². The van der Waals surface area contributed by atoms with Crippen molar-refractivity contribution in [2.75, 3.05) is 5.73 Å². The predicted octanol–water partition coefficient (Wildman–Crippen LogP) is 3.01. The van der Waals surface area contributed by atoms with Crippen LogP contribution in [0.1, 0.15) is 0 Å². The highest BCUT2D eigenvalue weighted by atomic mass is 127. The van der Waals surface area contributed by atoms with Gasteiger partial charge in [-0.05, 0) is 52.6 Å². The van der Waals surface area contributed by atoms with Gasteiger partial charge in [0.1, 0.15) is 6.26 Å². The average Bonchev–Trinajstić information content (AvgIpc) is 2.62. The number of anilines is 1. The number of aromatic nitrogens is 1. The van der Waals surface area contributed by atoms with Crippen molar-refractivity contribution in [2.24, 2.45) is 0 Å². The predicted molar refractivity (Wildman–Crippen MR) is 64.2 cm³/mol. The average molecular weight is 318 g/mol. The van der Waals surface area contributed by atoms with Gasteiger partial charge < -0.3 is 10.2 Å². The van der Waals surface area contributed by atoms with Crippen LogP contribution >= 0.6 is 34.4 Å². The summed E-state index contributed by atoms with van der Waals surface area (Å²) in [6.07, 6.45) is 3.16. The first-order valence-electron chi connectivity index (χ1n) is 3.88. The summed E-state index contributed by atoms with van der Waals surface area (Å²) >= 11 is 3.65. The lowest BCUT2D eigenvalue weighted by Gasteiger charge is -2.02. The quantitative estimate of drug-likeness (QED) is 0.683. The Kier molecular flexibility index (Phi) is 2.97. The Hall–Kier alpha value is -0.690. The van der Waals surface area contributed by atoms with E-state index in [0.717, 1.165) is 14.2 Å². The van der Waals surface area contributed by atoms with Crippen molar-refractivity contribution < 1.29 is 4.42 Å². The van der Waals surface area contributed by atoms with Gasteiger partial charge in [0.15, 0.2) is 0 Å². The van der Waals surface area contributed by atoms with E-state index in [-0.39, 0.29) is 0 Å². The molecule has 72 valence electrons. The molecule has 2 aromatic rings. The summed E-state index contributed by atoms with van der Waals surface area (Å²) in [6.45, 7) is 0. The fraction of sp³-hybridized carbons (Fsp3) is 0. The fourth-order valence-corrected chi connectivity index (χ4v) is 2.20. The van der Waals surface area contributed by atoms with Crippen molar-refractivity contribution in [1.29, 1.82) is 0 Å². The zero-order valence-electron chi connectivity index (χ0n) is 7.11. The summed E-state index contributed by atoms with van der Waals surface area (Å²) in [5, 5.41) is 0.609. The first-order chi connectivity index (χ1) is 6.75. The number of rotatable bonds is 2. The van der Waals surface area contributed by atoms with Gasteiger partial charge in [-0.3, -0.25) is 0 Å². The van der Waals surface area contributed by atoms with Crippen LogP contribution in [0.5, 0.6) is 0 Å². The van der Waals surface area contributed by atoms with Gasteiger partial charge in [-0.25, -0.2) is 4.98 Å². The normalized spacial score (nSPS) is 10.4. The molecule has 0 unspecified atom stereocenters. The van der Waals surface area contributed by atoms with Crippen molar-refractivity contribution in [3.05, 3.63) is 34.2 Å². The SMILES string of the molecule is Nc1cc(I)ccc1Sc1ncco1. The third kappa shape index (κ3) is 2.21. The third-order valence-electron chi connectivity index (χ3n) is 1.58. The van der Waals surface area contributed by atoms with Crippen LogP contribution < -0.4 is 5.73 Å². The third-order valence-corrected chi connectivity index (χ3v) is 3.22. The fourth-order valence-electron chi connectivity index (χ4n) is 0.967. The van der Waals surface area contributed by atoms with E-state index in [1.54, 1.807) is 12.5 Å². The number of nitrogens with two attached hydrogens (primary N) is 1. The van der Waals surface area contributed by atoms with E-state index in [4.69, 9.17) is 10.2 Å². The molecule has 2 rings (SSSR count). The van der Waals surface area contributed by atoms with Crippen LogP contribution in [0.2, 0.25) is 0 Å². The number of benzene rings is 1. The summed E-state index contributed by atoms with van der Waals surface area (Å²) < 4.78 is 6.24. The smallest absolute Gasteiger partial charge is 0.260 e. The molecule has 3 nitrogen and oxygen atoms in total. The molecule has 0 saturated carbocycles. The second kappa shape index (κ2) is 4.22. The highest BCUT2D eigenvalue weighted by Crippen LogP contribution is 2.31. The lowest BCUT2D eigenvalue weighted by Crippen LogP contribution is -1.88. The number of halogens is 1. The highest BCUT2D eigenvalue weighted by molar-refractivity contribution is 14.1. The van der Waals surface area contributed by atoms with E-state index in [1.165, 1.54) is 11.8 Å². The molecular weight excluding hydrogens is 311 g/mol. The molecule has 0 aliphatic heterocycles. The standard InChI is InChI=1S/C9H7IN2OS/c10-6-1-2-8(7(11)5-6)14-9-12-3-4-13-9/h1-5H,11H2. The maximum absolute atomic E-state index is 5.84. The molecule has 0 amide bonds. The molecule has 0 radical (unpaired) electrons. The van der Waals surface area contributed by atoms with Crippen LogP contribution in [-0.2, 0) is 0 Å². The van der Waals surface area contributed by atoms with E-state index in [0.29, 0.717) is 5.22 Å². The Labute approximate surface area is 99.2 Å². The minimum Gasteiger partial charge on any atom is -0.440 e. The molecule has 0 bridgehead atoms. The zero-order chi connectivity index (χ0) is 9.97. The van der Waals surface area contributed by atoms with Crippen LogP contribution in [0.4, 0.5) is 5.69 Å². The molecule has 1 aromatic carbocycles. The van der Waals surface area contributed by atoms with Crippen molar-refractivity contribution in [2.45, 2.75) is 10.1 Å². The Bertz CT molecular complexity index is 430. The molecule has 0 spiro atoms. The lowest BCUT2D eigenvalue weighted by atomic mass is 10.3. The molecule has 1 heterocycles. The monoisotopic (exact) mass is 318 g/mol. The molecule has 0 fully saturated rings. The minimum absolute atomic E-state index is 0.609. The summed E-state index contributed by atoms with van der Waals surface area (Å²) in [5.74, 6) is 0. The van der Waals surface area contributed by atoms with Crippen molar-refractivity contribution in [1.82, 2.24) is 4.98 Å². The van der Waals surface area contributed by atoms with E-state index >= 15 is 0 Å². The molecule has 0 aliphatic rings. The van der Waals surface area contributed by atoms with Crippen LogP contribution in [0.3, 0.4) is 0 Å². The second-order valence-electron chi connectivity index (χ2n) is 2.58. The number of hydrogen-bond acceptors (Lipinski definition) is 4. The van der Waals surface area contributed by atoms with Crippen molar-refractivity contribution >= 4 is 40.0 Å². The zero-order valence-corrected chi connectivity index (χ0v) is 10.1. The Balaban J connectivity index is 2.25. The van der Waals surface area contributed by atoms with Gasteiger partial charge in [-0.15, -0.1) is 0 Å². The maximum atomic E-state index is 5.84. The van der Waals surface area contributed by atoms with Gasteiger partial charge in [0, 0.05) is 14.2 Å². The van der Waals surface area contributed by atoms with Gasteiger partial charge >= 0.3 is 0 Å². The molecule has 5 heteroatoms.